The largest absolute Gasteiger partial charge is 0.497 e. The number of ether oxygens (including phenoxy) is 1. The summed E-state index contributed by atoms with van der Waals surface area (Å²) in [7, 11) is 1.56. The SMILES string of the molecule is COc1ccc(C(C=O)C(=O)c2ccc(Cl)cc2)cc1. The molecule has 0 saturated heterocycles. The lowest BCUT2D eigenvalue weighted by Gasteiger charge is -2.10. The van der Waals surface area contributed by atoms with Crippen LogP contribution >= 0.6 is 11.6 Å². The van der Waals surface area contributed by atoms with E-state index >= 15 is 0 Å². The van der Waals surface area contributed by atoms with E-state index in [1.807, 2.05) is 0 Å². The highest BCUT2D eigenvalue weighted by Crippen LogP contribution is 2.22. The minimum atomic E-state index is -0.818. The van der Waals surface area contributed by atoms with E-state index in [2.05, 4.69) is 0 Å². The zero-order valence-electron chi connectivity index (χ0n) is 10.9. The van der Waals surface area contributed by atoms with Crippen LogP contribution in [-0.4, -0.2) is 19.2 Å². The van der Waals surface area contributed by atoms with Crippen LogP contribution in [0.5, 0.6) is 5.75 Å². The molecule has 0 amide bonds. The molecule has 102 valence electrons. The summed E-state index contributed by atoms with van der Waals surface area (Å²) in [4.78, 5) is 23.6. The summed E-state index contributed by atoms with van der Waals surface area (Å²) in [6.07, 6.45) is 0.652. The van der Waals surface area contributed by atoms with Crippen molar-refractivity contribution in [2.45, 2.75) is 5.92 Å². The monoisotopic (exact) mass is 288 g/mol. The minimum Gasteiger partial charge on any atom is -0.497 e. The van der Waals surface area contributed by atoms with Gasteiger partial charge in [-0.05, 0) is 42.0 Å². The van der Waals surface area contributed by atoms with Crippen LogP contribution < -0.4 is 4.74 Å². The van der Waals surface area contributed by atoms with Crippen LogP contribution in [0.15, 0.2) is 48.5 Å². The van der Waals surface area contributed by atoms with Gasteiger partial charge in [0.2, 0.25) is 0 Å². The summed E-state index contributed by atoms with van der Waals surface area (Å²) in [6.45, 7) is 0. The lowest BCUT2D eigenvalue weighted by atomic mass is 9.92. The summed E-state index contributed by atoms with van der Waals surface area (Å²) >= 11 is 5.79. The zero-order chi connectivity index (χ0) is 14.5. The average molecular weight is 289 g/mol. The highest BCUT2D eigenvalue weighted by molar-refractivity contribution is 6.30. The maximum atomic E-state index is 12.3. The van der Waals surface area contributed by atoms with Crippen LogP contribution in [0.2, 0.25) is 5.02 Å². The fourth-order valence-electron chi connectivity index (χ4n) is 1.90. The Labute approximate surface area is 122 Å². The van der Waals surface area contributed by atoms with E-state index in [0.29, 0.717) is 28.2 Å². The van der Waals surface area contributed by atoms with Gasteiger partial charge in [-0.3, -0.25) is 4.79 Å². The molecule has 0 N–H and O–H groups in total. The second kappa shape index (κ2) is 6.35. The van der Waals surface area contributed by atoms with Crippen LogP contribution in [0.1, 0.15) is 21.8 Å². The first-order valence-electron chi connectivity index (χ1n) is 6.04. The van der Waals surface area contributed by atoms with E-state index < -0.39 is 5.92 Å². The average Bonchev–Trinajstić information content (AvgIpc) is 2.49. The predicted molar refractivity (Wildman–Crippen MR) is 77.6 cm³/mol. The normalized spacial score (nSPS) is 11.7. The summed E-state index contributed by atoms with van der Waals surface area (Å²) in [5.41, 5.74) is 1.10. The molecule has 2 aromatic carbocycles. The van der Waals surface area contributed by atoms with Gasteiger partial charge >= 0.3 is 0 Å². The number of benzene rings is 2. The molecule has 0 spiro atoms. The Morgan fingerprint density at radius 2 is 1.70 bits per heavy atom. The molecule has 0 aliphatic heterocycles. The first-order chi connectivity index (χ1) is 9.65. The number of aldehydes is 1. The third kappa shape index (κ3) is 3.06. The van der Waals surface area contributed by atoms with Crippen molar-refractivity contribution >= 4 is 23.7 Å². The van der Waals surface area contributed by atoms with Crippen LogP contribution in [0, 0.1) is 0 Å². The molecule has 0 aromatic heterocycles. The third-order valence-electron chi connectivity index (χ3n) is 3.02. The Hall–Kier alpha value is -2.13. The van der Waals surface area contributed by atoms with Crippen molar-refractivity contribution in [3.8, 4) is 5.75 Å². The number of methoxy groups -OCH3 is 1. The van der Waals surface area contributed by atoms with Crippen molar-refractivity contribution in [3.05, 3.63) is 64.7 Å². The van der Waals surface area contributed by atoms with Gasteiger partial charge < -0.3 is 9.53 Å². The van der Waals surface area contributed by atoms with Crippen molar-refractivity contribution < 1.29 is 14.3 Å². The molecule has 0 aliphatic rings. The van der Waals surface area contributed by atoms with Crippen molar-refractivity contribution in [2.24, 2.45) is 0 Å². The van der Waals surface area contributed by atoms with E-state index in [1.54, 1.807) is 55.6 Å². The molecule has 2 aromatic rings. The molecule has 1 atom stereocenters. The lowest BCUT2D eigenvalue weighted by molar-refractivity contribution is -0.108. The van der Waals surface area contributed by atoms with Gasteiger partial charge in [0.1, 0.15) is 18.0 Å². The molecule has 0 heterocycles. The van der Waals surface area contributed by atoms with Crippen LogP contribution in [0.25, 0.3) is 0 Å². The molecular weight excluding hydrogens is 276 g/mol. The van der Waals surface area contributed by atoms with Gasteiger partial charge in [0.05, 0.1) is 7.11 Å². The maximum Gasteiger partial charge on any atom is 0.177 e. The Bertz CT molecular complexity index is 603. The molecular formula is C16H13ClO3. The second-order valence-corrected chi connectivity index (χ2v) is 4.69. The van der Waals surface area contributed by atoms with Gasteiger partial charge in [-0.2, -0.15) is 0 Å². The van der Waals surface area contributed by atoms with E-state index in [-0.39, 0.29) is 5.78 Å². The summed E-state index contributed by atoms with van der Waals surface area (Å²) in [6, 6.07) is 13.4. The quantitative estimate of drug-likeness (QED) is 0.480. The molecule has 0 aliphatic carbocycles. The molecule has 3 nitrogen and oxygen atoms in total. The van der Waals surface area contributed by atoms with Crippen LogP contribution in [-0.2, 0) is 4.79 Å². The van der Waals surface area contributed by atoms with E-state index in [4.69, 9.17) is 16.3 Å². The molecule has 1 unspecified atom stereocenters. The predicted octanol–water partition coefficient (Wildman–Crippen LogP) is 3.51. The van der Waals surface area contributed by atoms with Crippen molar-refractivity contribution in [3.63, 3.8) is 0 Å². The number of carbonyl (C=O) groups is 2. The smallest absolute Gasteiger partial charge is 0.177 e. The van der Waals surface area contributed by atoms with Gasteiger partial charge in [0.15, 0.2) is 5.78 Å². The van der Waals surface area contributed by atoms with Crippen LogP contribution in [0.4, 0.5) is 0 Å². The Kier molecular flexibility index (Phi) is 4.53. The number of hydrogen-bond donors (Lipinski definition) is 0. The Balaban J connectivity index is 2.28. The number of carbonyl (C=O) groups excluding carboxylic acids is 2. The maximum absolute atomic E-state index is 12.3. The molecule has 0 saturated carbocycles. The summed E-state index contributed by atoms with van der Waals surface area (Å²) in [5.74, 6) is -0.388. The number of hydrogen-bond acceptors (Lipinski definition) is 3. The molecule has 0 fully saturated rings. The molecule has 0 bridgehead atoms. The van der Waals surface area contributed by atoms with Gasteiger partial charge in [0, 0.05) is 10.6 Å². The number of rotatable bonds is 5. The Morgan fingerprint density at radius 3 is 2.20 bits per heavy atom. The lowest BCUT2D eigenvalue weighted by Crippen LogP contribution is -2.14. The summed E-state index contributed by atoms with van der Waals surface area (Å²) in [5, 5.41) is 0.550. The third-order valence-corrected chi connectivity index (χ3v) is 3.27. The highest BCUT2D eigenvalue weighted by atomic mass is 35.5. The number of ketones is 1. The molecule has 20 heavy (non-hydrogen) atoms. The van der Waals surface area contributed by atoms with Crippen molar-refractivity contribution in [1.82, 2.24) is 0 Å². The van der Waals surface area contributed by atoms with Crippen molar-refractivity contribution in [2.75, 3.05) is 7.11 Å². The van der Waals surface area contributed by atoms with Crippen LogP contribution in [0.3, 0.4) is 0 Å². The topological polar surface area (TPSA) is 43.4 Å². The fraction of sp³-hybridized carbons (Fsp3) is 0.125. The van der Waals surface area contributed by atoms with Gasteiger partial charge in [-0.1, -0.05) is 23.7 Å². The van der Waals surface area contributed by atoms with Gasteiger partial charge in [-0.25, -0.2) is 0 Å². The zero-order valence-corrected chi connectivity index (χ0v) is 11.6. The first-order valence-corrected chi connectivity index (χ1v) is 6.42. The van der Waals surface area contributed by atoms with Gasteiger partial charge in [0.25, 0.3) is 0 Å². The Morgan fingerprint density at radius 1 is 1.10 bits per heavy atom. The van der Waals surface area contributed by atoms with E-state index in [0.717, 1.165) is 0 Å². The van der Waals surface area contributed by atoms with E-state index in [1.165, 1.54) is 0 Å². The summed E-state index contributed by atoms with van der Waals surface area (Å²) < 4.78 is 5.05. The standard InChI is InChI=1S/C16H13ClO3/c1-20-14-8-4-11(5-9-14)15(10-18)16(19)12-2-6-13(17)7-3-12/h2-10,15H,1H3. The van der Waals surface area contributed by atoms with E-state index in [9.17, 15) is 9.59 Å². The molecule has 4 heteroatoms. The van der Waals surface area contributed by atoms with Crippen molar-refractivity contribution in [1.29, 1.82) is 0 Å². The number of Topliss-reactive ketones (excluding diaryl/α,β-unsaturated/α-hetero) is 1. The first kappa shape index (κ1) is 14.3. The molecule has 2 rings (SSSR count). The van der Waals surface area contributed by atoms with Gasteiger partial charge in [-0.15, -0.1) is 0 Å². The second-order valence-electron chi connectivity index (χ2n) is 4.26. The highest BCUT2D eigenvalue weighted by Gasteiger charge is 2.21. The fourth-order valence-corrected chi connectivity index (χ4v) is 2.02. The minimum absolute atomic E-state index is 0.248. The molecule has 0 radical (unpaired) electrons. The number of halogens is 1.